The molecule has 31 heavy (non-hydrogen) atoms. The average Bonchev–Trinajstić information content (AvgIpc) is 3.22. The van der Waals surface area contributed by atoms with Crippen molar-refractivity contribution in [3.63, 3.8) is 0 Å². The Balaban J connectivity index is 0.00000272. The quantitative estimate of drug-likeness (QED) is 0.578. The molecule has 1 saturated heterocycles. The van der Waals surface area contributed by atoms with Crippen LogP contribution in [0.5, 0.6) is 5.75 Å². The van der Waals surface area contributed by atoms with Crippen molar-refractivity contribution in [2.75, 3.05) is 32.6 Å². The molecule has 0 amide bonds. The molecule has 1 fully saturated rings. The van der Waals surface area contributed by atoms with Crippen LogP contribution in [-0.2, 0) is 0 Å². The molecule has 8 heteroatoms. The molecule has 0 radical (unpaired) electrons. The summed E-state index contributed by atoms with van der Waals surface area (Å²) < 4.78 is 19.5. The van der Waals surface area contributed by atoms with E-state index < -0.39 is 5.82 Å². The zero-order valence-corrected chi connectivity index (χ0v) is 18.3. The number of halogens is 2. The Labute approximate surface area is 187 Å². The van der Waals surface area contributed by atoms with E-state index in [1.807, 2.05) is 12.1 Å². The van der Waals surface area contributed by atoms with Gasteiger partial charge in [0.25, 0.3) is 0 Å². The molecule has 2 heterocycles. The van der Waals surface area contributed by atoms with Gasteiger partial charge in [0.15, 0.2) is 5.82 Å². The van der Waals surface area contributed by atoms with E-state index in [4.69, 9.17) is 10.00 Å². The smallest absolute Gasteiger partial charge is 0.152 e. The van der Waals surface area contributed by atoms with Crippen LogP contribution >= 0.6 is 12.4 Å². The predicted octanol–water partition coefficient (Wildman–Crippen LogP) is 5.07. The van der Waals surface area contributed by atoms with Crippen LogP contribution in [0.4, 0.5) is 15.9 Å². The number of hydrogen-bond donors (Lipinski definition) is 2. The van der Waals surface area contributed by atoms with Gasteiger partial charge in [-0.15, -0.1) is 12.4 Å². The number of aromatic nitrogens is 2. The molecule has 0 aliphatic carbocycles. The number of hydrogen-bond acceptors (Lipinski definition) is 5. The maximum atomic E-state index is 13.8. The third-order valence-corrected chi connectivity index (χ3v) is 5.65. The second-order valence-corrected chi connectivity index (χ2v) is 7.64. The van der Waals surface area contributed by atoms with Crippen LogP contribution in [0.2, 0.25) is 0 Å². The Morgan fingerprint density at radius 3 is 2.65 bits per heavy atom. The molecule has 0 atom stereocenters. The number of likely N-dealkylation sites (tertiary alicyclic amines) is 1. The van der Waals surface area contributed by atoms with Gasteiger partial charge in [-0.2, -0.15) is 10.4 Å². The van der Waals surface area contributed by atoms with E-state index in [2.05, 4.69) is 45.7 Å². The lowest BCUT2D eigenvalue weighted by atomic mass is 9.88. The van der Waals surface area contributed by atoms with E-state index in [0.717, 1.165) is 42.9 Å². The zero-order valence-electron chi connectivity index (χ0n) is 17.5. The molecular formula is C23H25ClFN5O. The monoisotopic (exact) mass is 441 g/mol. The summed E-state index contributed by atoms with van der Waals surface area (Å²) in [6.45, 7) is 2.22. The summed E-state index contributed by atoms with van der Waals surface area (Å²) in [6.07, 6.45) is 2.30. The molecule has 0 unspecified atom stereocenters. The number of nitrogens with zero attached hydrogens (tertiary/aromatic N) is 3. The van der Waals surface area contributed by atoms with Crippen LogP contribution in [0, 0.1) is 17.1 Å². The number of H-pyrrole nitrogens is 1. The fraction of sp³-hybridized carbons (Fsp3) is 0.304. The van der Waals surface area contributed by atoms with Crippen molar-refractivity contribution in [1.29, 1.82) is 5.26 Å². The van der Waals surface area contributed by atoms with Gasteiger partial charge in [-0.25, -0.2) is 4.39 Å². The topological polar surface area (TPSA) is 77.0 Å². The van der Waals surface area contributed by atoms with Crippen LogP contribution in [-0.4, -0.2) is 42.3 Å². The molecule has 1 aliphatic rings. The van der Waals surface area contributed by atoms with Crippen molar-refractivity contribution >= 4 is 23.9 Å². The molecule has 162 valence electrons. The van der Waals surface area contributed by atoms with Gasteiger partial charge in [0, 0.05) is 17.3 Å². The number of ether oxygens (including phenoxy) is 1. The van der Waals surface area contributed by atoms with Gasteiger partial charge >= 0.3 is 0 Å². The van der Waals surface area contributed by atoms with E-state index in [1.54, 1.807) is 13.2 Å². The van der Waals surface area contributed by atoms with Crippen LogP contribution < -0.4 is 10.1 Å². The average molecular weight is 442 g/mol. The molecular weight excluding hydrogens is 417 g/mol. The molecule has 2 aromatic carbocycles. The van der Waals surface area contributed by atoms with Crippen molar-refractivity contribution in [3.05, 3.63) is 59.4 Å². The Hall–Kier alpha value is -3.08. The summed E-state index contributed by atoms with van der Waals surface area (Å²) >= 11 is 0. The number of benzene rings is 2. The largest absolute Gasteiger partial charge is 0.496 e. The molecule has 2 N–H and O–H groups in total. The summed E-state index contributed by atoms with van der Waals surface area (Å²) in [5, 5.41) is 19.2. The second-order valence-electron chi connectivity index (χ2n) is 7.64. The lowest BCUT2D eigenvalue weighted by Gasteiger charge is -2.29. The Bertz CT molecular complexity index is 1090. The SMILES string of the molecule is COc1cc(C2CCN(C)CC2)ccc1-c1cc(Nc2ccc(C#N)c(F)c2)n[nH]1.Cl. The van der Waals surface area contributed by atoms with E-state index in [9.17, 15) is 4.39 Å². The number of aromatic amines is 1. The number of piperidine rings is 1. The van der Waals surface area contributed by atoms with Crippen molar-refractivity contribution < 1.29 is 9.13 Å². The molecule has 4 rings (SSSR count). The van der Waals surface area contributed by atoms with Crippen molar-refractivity contribution in [3.8, 4) is 23.1 Å². The first kappa shape index (κ1) is 22.6. The second kappa shape index (κ2) is 9.82. The lowest BCUT2D eigenvalue weighted by Crippen LogP contribution is -2.29. The maximum absolute atomic E-state index is 13.8. The van der Waals surface area contributed by atoms with Crippen molar-refractivity contribution in [1.82, 2.24) is 15.1 Å². The standard InChI is InChI=1S/C23H24FN5O.ClH/c1-29-9-7-15(8-10-29)16-4-6-19(22(11-16)30-2)21-13-23(28-27-21)26-18-5-3-17(14-25)20(24)12-18;/h3-6,11-13,15H,7-10H2,1-2H3,(H2,26,27,28);1H. The van der Waals surface area contributed by atoms with Gasteiger partial charge in [-0.3, -0.25) is 5.10 Å². The maximum Gasteiger partial charge on any atom is 0.152 e. The van der Waals surface area contributed by atoms with Crippen LogP contribution in [0.1, 0.15) is 29.9 Å². The first-order chi connectivity index (χ1) is 14.6. The van der Waals surface area contributed by atoms with E-state index >= 15 is 0 Å². The van der Waals surface area contributed by atoms with Gasteiger partial charge in [-0.1, -0.05) is 6.07 Å². The summed E-state index contributed by atoms with van der Waals surface area (Å²) in [6, 6.07) is 14.4. The third-order valence-electron chi connectivity index (χ3n) is 5.65. The molecule has 3 aromatic rings. The predicted molar refractivity (Wildman–Crippen MR) is 122 cm³/mol. The Kier molecular flexibility index (Phi) is 7.16. The number of nitrogens with one attached hydrogen (secondary N) is 2. The van der Waals surface area contributed by atoms with E-state index in [1.165, 1.54) is 17.7 Å². The minimum atomic E-state index is -0.565. The van der Waals surface area contributed by atoms with Crippen molar-refractivity contribution in [2.24, 2.45) is 0 Å². The highest BCUT2D eigenvalue weighted by Crippen LogP contribution is 2.36. The number of anilines is 2. The highest BCUT2D eigenvalue weighted by atomic mass is 35.5. The molecule has 1 aromatic heterocycles. The summed E-state index contributed by atoms with van der Waals surface area (Å²) in [5.74, 6) is 1.33. The van der Waals surface area contributed by atoms with Crippen LogP contribution in [0.25, 0.3) is 11.3 Å². The molecule has 0 bridgehead atoms. The molecule has 1 aliphatic heterocycles. The fourth-order valence-corrected chi connectivity index (χ4v) is 3.88. The highest BCUT2D eigenvalue weighted by Gasteiger charge is 2.20. The van der Waals surface area contributed by atoms with Gasteiger partial charge in [0.05, 0.1) is 18.4 Å². The molecule has 6 nitrogen and oxygen atoms in total. The van der Waals surface area contributed by atoms with E-state index in [0.29, 0.717) is 17.4 Å². The Morgan fingerprint density at radius 1 is 1.19 bits per heavy atom. The number of methoxy groups -OCH3 is 1. The molecule has 0 spiro atoms. The lowest BCUT2D eigenvalue weighted by molar-refractivity contribution is 0.255. The fourth-order valence-electron chi connectivity index (χ4n) is 3.88. The highest BCUT2D eigenvalue weighted by molar-refractivity contribution is 5.85. The first-order valence-electron chi connectivity index (χ1n) is 9.96. The number of nitriles is 1. The molecule has 0 saturated carbocycles. The zero-order chi connectivity index (χ0) is 21.1. The van der Waals surface area contributed by atoms with Gasteiger partial charge in [-0.05, 0) is 74.8 Å². The summed E-state index contributed by atoms with van der Waals surface area (Å²) in [7, 11) is 3.84. The normalized spacial score (nSPS) is 14.5. The first-order valence-corrected chi connectivity index (χ1v) is 9.96. The minimum Gasteiger partial charge on any atom is -0.496 e. The van der Waals surface area contributed by atoms with Crippen LogP contribution in [0.3, 0.4) is 0 Å². The van der Waals surface area contributed by atoms with Gasteiger partial charge in [0.1, 0.15) is 17.6 Å². The summed E-state index contributed by atoms with van der Waals surface area (Å²) in [5.41, 5.74) is 3.56. The van der Waals surface area contributed by atoms with E-state index in [-0.39, 0.29) is 18.0 Å². The van der Waals surface area contributed by atoms with Crippen molar-refractivity contribution in [2.45, 2.75) is 18.8 Å². The number of rotatable bonds is 5. The third kappa shape index (κ3) is 4.98. The Morgan fingerprint density at radius 2 is 1.97 bits per heavy atom. The van der Waals surface area contributed by atoms with Crippen LogP contribution in [0.15, 0.2) is 42.5 Å². The summed E-state index contributed by atoms with van der Waals surface area (Å²) in [4.78, 5) is 2.36. The van der Waals surface area contributed by atoms with Gasteiger partial charge < -0.3 is 15.0 Å². The van der Waals surface area contributed by atoms with Gasteiger partial charge in [0.2, 0.25) is 0 Å². The minimum absolute atomic E-state index is 0.